The normalized spacial score (nSPS) is 18.7. The Kier molecular flexibility index (Phi) is 10.3. The van der Waals surface area contributed by atoms with Crippen molar-refractivity contribution in [3.8, 4) is 0 Å². The average molecular weight is 673 g/mol. The third-order valence-electron chi connectivity index (χ3n) is 9.86. The smallest absolute Gasteiger partial charge is 0.142 e. The number of hydrogen-bond donors (Lipinski definition) is 0. The van der Waals surface area contributed by atoms with Crippen molar-refractivity contribution in [3.05, 3.63) is 121 Å². The summed E-state index contributed by atoms with van der Waals surface area (Å²) in [5.74, 6) is 5.13. The van der Waals surface area contributed by atoms with E-state index in [9.17, 15) is 0 Å². The third kappa shape index (κ3) is 6.02. The molecule has 224 valence electrons. The predicted octanol–water partition coefficient (Wildman–Crippen LogP) is 8.15. The average Bonchev–Trinajstić information content (AvgIpc) is 3.10. The summed E-state index contributed by atoms with van der Waals surface area (Å²) >= 11 is 9.26. The minimum Gasteiger partial charge on any atom is -0.147 e. The molecule has 43 heavy (non-hydrogen) atoms. The lowest BCUT2D eigenvalue weighted by atomic mass is 10.2. The number of benzene rings is 4. The summed E-state index contributed by atoms with van der Waals surface area (Å²) in [6.07, 6.45) is 6.50. The zero-order valence-corrected chi connectivity index (χ0v) is 30.8. The van der Waals surface area contributed by atoms with E-state index in [1.165, 1.54) is 55.1 Å². The Morgan fingerprint density at radius 3 is 0.953 bits per heavy atom. The first-order valence-corrected chi connectivity index (χ1v) is 24.8. The summed E-state index contributed by atoms with van der Waals surface area (Å²) in [5, 5.41) is 6.36. The topological polar surface area (TPSA) is 0 Å². The molecule has 4 aromatic carbocycles. The molecule has 2 aliphatic heterocycles. The molecule has 0 unspecified atom stereocenters. The maximum Gasteiger partial charge on any atom is 0.142 e. The van der Waals surface area contributed by atoms with Gasteiger partial charge in [0.15, 0.2) is 0 Å². The largest absolute Gasteiger partial charge is 0.147 e. The predicted molar refractivity (Wildman–Crippen MR) is 206 cm³/mol. The van der Waals surface area contributed by atoms with Crippen LogP contribution in [0.25, 0.3) is 0 Å². The van der Waals surface area contributed by atoms with Crippen LogP contribution in [0.4, 0.5) is 0 Å². The van der Waals surface area contributed by atoms with Gasteiger partial charge in [0.1, 0.15) is 16.1 Å². The zero-order valence-electron chi connectivity index (χ0n) is 25.5. The van der Waals surface area contributed by atoms with Crippen LogP contribution in [0, 0.1) is 0 Å². The van der Waals surface area contributed by atoms with Gasteiger partial charge in [-0.15, -0.1) is 47.0 Å². The van der Waals surface area contributed by atoms with Gasteiger partial charge in [0.05, 0.1) is 7.40 Å². The van der Waals surface area contributed by atoms with Gasteiger partial charge in [-0.2, -0.15) is 0 Å². The Hall–Kier alpha value is -1.29. The lowest BCUT2D eigenvalue weighted by molar-refractivity contribution is 0.698. The van der Waals surface area contributed by atoms with Gasteiger partial charge in [-0.3, -0.25) is 0 Å². The maximum atomic E-state index is 2.69. The first-order valence-electron chi connectivity index (χ1n) is 15.8. The van der Waals surface area contributed by atoms with Crippen LogP contribution in [0.1, 0.15) is 32.1 Å². The molecule has 0 aromatic heterocycles. The Morgan fingerprint density at radius 1 is 0.442 bits per heavy atom. The number of thioether (sulfide) groups is 4. The summed E-state index contributed by atoms with van der Waals surface area (Å²) in [4.78, 5) is 0. The van der Waals surface area contributed by atoms with Crippen LogP contribution < -0.4 is 20.7 Å². The molecule has 0 atom stereocenters. The van der Waals surface area contributed by atoms with Crippen LogP contribution >= 0.6 is 47.0 Å². The molecule has 0 bridgehead atoms. The maximum absolute atomic E-state index is 2.69. The highest BCUT2D eigenvalue weighted by Gasteiger charge is 2.56. The van der Waals surface area contributed by atoms with Crippen molar-refractivity contribution in [3.63, 3.8) is 0 Å². The molecule has 0 spiro atoms. The van der Waals surface area contributed by atoms with E-state index in [1.54, 1.807) is 20.7 Å². The second-order valence-corrected chi connectivity index (χ2v) is 28.2. The molecule has 2 heterocycles. The van der Waals surface area contributed by atoms with Crippen LogP contribution in [0.3, 0.4) is 0 Å². The van der Waals surface area contributed by atoms with Crippen LogP contribution in [-0.4, -0.2) is 46.6 Å². The second-order valence-electron chi connectivity index (χ2n) is 12.2. The van der Waals surface area contributed by atoms with Crippen LogP contribution in [0.5, 0.6) is 0 Å². The Balaban J connectivity index is 1.40. The highest BCUT2D eigenvalue weighted by Crippen LogP contribution is 2.55. The van der Waals surface area contributed by atoms with Crippen molar-refractivity contribution in [1.29, 1.82) is 0 Å². The van der Waals surface area contributed by atoms with Gasteiger partial charge in [0.2, 0.25) is 0 Å². The molecule has 0 amide bonds. The Bertz CT molecular complexity index is 1230. The SMILES string of the molecule is C[Si](c1ccccc1)(c1ccccc1)C1(CCCC2([Si](C)(c3ccccc3)c3ccccc3)SCCCS2)SCCCS1. The van der Waals surface area contributed by atoms with Crippen molar-refractivity contribution >= 4 is 83.9 Å². The molecule has 0 N–H and O–H groups in total. The van der Waals surface area contributed by atoms with Crippen molar-refractivity contribution in [2.75, 3.05) is 23.0 Å². The minimum atomic E-state index is -2.11. The van der Waals surface area contributed by atoms with Gasteiger partial charge in [-0.25, -0.2) is 0 Å². The molecular weight excluding hydrogens is 629 g/mol. The molecular formula is C37H44S4Si2. The van der Waals surface area contributed by atoms with E-state index < -0.39 is 16.1 Å². The van der Waals surface area contributed by atoms with Gasteiger partial charge in [-0.05, 0) is 55.1 Å². The monoisotopic (exact) mass is 672 g/mol. The second kappa shape index (κ2) is 14.0. The molecule has 2 saturated heterocycles. The fourth-order valence-corrected chi connectivity index (χ4v) is 28.9. The van der Waals surface area contributed by atoms with Crippen molar-refractivity contribution < 1.29 is 0 Å². The van der Waals surface area contributed by atoms with Crippen LogP contribution in [-0.2, 0) is 0 Å². The third-order valence-corrected chi connectivity index (χ3v) is 32.1. The van der Waals surface area contributed by atoms with Gasteiger partial charge >= 0.3 is 0 Å². The molecule has 0 radical (unpaired) electrons. The van der Waals surface area contributed by atoms with Gasteiger partial charge < -0.3 is 0 Å². The van der Waals surface area contributed by atoms with Crippen molar-refractivity contribution in [2.45, 2.75) is 52.6 Å². The fraction of sp³-hybridized carbons (Fsp3) is 0.351. The molecule has 6 heteroatoms. The molecule has 6 rings (SSSR count). The van der Waals surface area contributed by atoms with Gasteiger partial charge in [-0.1, -0.05) is 155 Å². The number of rotatable bonds is 10. The summed E-state index contributed by atoms with van der Waals surface area (Å²) in [5.41, 5.74) is 0. The molecule has 0 aliphatic carbocycles. The van der Waals surface area contributed by atoms with E-state index in [0.29, 0.717) is 0 Å². The standard InChI is InChI=1S/C37H44S4Si2/c1-42(32-18-7-3-8-19-32,33-20-9-4-10-21-33)36(38-28-16-29-39-36)26-15-27-37(40-30-17-31-41-37)43(2,34-22-11-5-12-23-34)35-24-13-6-14-25-35/h3-14,18-25H,15-17,26-31H2,1-2H3. The zero-order chi connectivity index (χ0) is 29.6. The highest BCUT2D eigenvalue weighted by molar-refractivity contribution is 8.22. The quantitative estimate of drug-likeness (QED) is 0.156. The van der Waals surface area contributed by atoms with E-state index in [4.69, 9.17) is 0 Å². The summed E-state index contributed by atoms with van der Waals surface area (Å²) < 4.78 is 0.465. The Morgan fingerprint density at radius 2 is 0.698 bits per heavy atom. The van der Waals surface area contributed by atoms with Crippen molar-refractivity contribution in [1.82, 2.24) is 0 Å². The fourth-order valence-electron chi connectivity index (χ4n) is 7.37. The summed E-state index contributed by atoms with van der Waals surface area (Å²) in [7, 11) is -4.22. The van der Waals surface area contributed by atoms with E-state index in [-0.39, 0.29) is 7.40 Å². The molecule has 4 aromatic rings. The molecule has 0 nitrogen and oxygen atoms in total. The Labute approximate surface area is 279 Å². The van der Waals surface area contributed by atoms with E-state index >= 15 is 0 Å². The van der Waals surface area contributed by atoms with Gasteiger partial charge in [0, 0.05) is 0 Å². The molecule has 2 fully saturated rings. The lowest BCUT2D eigenvalue weighted by Gasteiger charge is -2.52. The van der Waals surface area contributed by atoms with Crippen LogP contribution in [0.2, 0.25) is 13.1 Å². The number of hydrogen-bond acceptors (Lipinski definition) is 4. The van der Waals surface area contributed by atoms with Crippen molar-refractivity contribution in [2.24, 2.45) is 0 Å². The minimum absolute atomic E-state index is 0.233. The highest BCUT2D eigenvalue weighted by atomic mass is 32.2. The van der Waals surface area contributed by atoms with Gasteiger partial charge in [0.25, 0.3) is 0 Å². The van der Waals surface area contributed by atoms with E-state index in [0.717, 1.165) is 0 Å². The summed E-state index contributed by atoms with van der Waals surface area (Å²) in [6, 6.07) is 46.5. The lowest BCUT2D eigenvalue weighted by Crippen LogP contribution is -2.70. The first-order chi connectivity index (χ1) is 21.0. The molecule has 2 aliphatic rings. The van der Waals surface area contributed by atoms with Crippen LogP contribution in [0.15, 0.2) is 121 Å². The van der Waals surface area contributed by atoms with E-state index in [2.05, 4.69) is 181 Å². The van der Waals surface area contributed by atoms with E-state index in [1.807, 2.05) is 0 Å². The molecule has 0 saturated carbocycles. The first kappa shape index (κ1) is 31.7. The summed E-state index contributed by atoms with van der Waals surface area (Å²) in [6.45, 7) is 5.38.